The number of non-ortho nitro benzene ring substituents is 1. The molecule has 39 heavy (non-hydrogen) atoms. The number of aliphatic hydroxyl groups is 3. The summed E-state index contributed by atoms with van der Waals surface area (Å²) in [5.74, 6) is 0. The van der Waals surface area contributed by atoms with Crippen molar-refractivity contribution in [1.29, 1.82) is 0 Å². The summed E-state index contributed by atoms with van der Waals surface area (Å²) in [6, 6.07) is 7.94. The van der Waals surface area contributed by atoms with Crippen LogP contribution in [-0.4, -0.2) is 79.6 Å². The molecule has 1 aromatic carbocycles. The third-order valence-corrected chi connectivity index (χ3v) is 5.70. The molecule has 17 heteroatoms. The number of rotatable bonds is 4. The number of hydrogen-bond donors (Lipinski definition) is 6. The predicted octanol–water partition coefficient (Wildman–Crippen LogP) is 0.730. The summed E-state index contributed by atoms with van der Waals surface area (Å²) in [6.45, 7) is -0.421. The second-order valence-electron chi connectivity index (χ2n) is 8.12. The molecule has 1 fully saturated rings. The number of hydrogen-bond acceptors (Lipinski definition) is 11. The van der Waals surface area contributed by atoms with E-state index in [4.69, 9.17) is 9.84 Å². The highest BCUT2D eigenvalue weighted by atomic mass is 16.6. The number of nitro benzene ring substituents is 1. The van der Waals surface area contributed by atoms with Gasteiger partial charge < -0.3 is 35.0 Å². The lowest BCUT2D eigenvalue weighted by Crippen LogP contribution is -2.33. The first-order valence-corrected chi connectivity index (χ1v) is 11.2. The van der Waals surface area contributed by atoms with Crippen molar-refractivity contribution in [3.05, 3.63) is 92.2 Å². The normalized spacial score (nSPS) is 20.2. The van der Waals surface area contributed by atoms with Gasteiger partial charge in [0, 0.05) is 41.5 Å². The second kappa shape index (κ2) is 11.6. The molecule has 0 unspecified atom stereocenters. The monoisotopic (exact) mass is 542 g/mol. The molecule has 0 aliphatic carbocycles. The highest BCUT2D eigenvalue weighted by molar-refractivity contribution is 5.81. The summed E-state index contributed by atoms with van der Waals surface area (Å²) in [5, 5.41) is 49.7. The Morgan fingerprint density at radius 1 is 1.00 bits per heavy atom. The molecule has 17 nitrogen and oxygen atoms in total. The molecule has 5 aromatic rings. The molecular formula is C22H22N8O9. The van der Waals surface area contributed by atoms with Crippen LogP contribution >= 0.6 is 0 Å². The largest absolute Gasteiger partial charge is 0.394 e. The van der Waals surface area contributed by atoms with Gasteiger partial charge in [0.15, 0.2) is 17.4 Å². The van der Waals surface area contributed by atoms with E-state index in [-0.39, 0.29) is 22.5 Å². The van der Waals surface area contributed by atoms with Gasteiger partial charge in [0.1, 0.15) is 18.3 Å². The van der Waals surface area contributed by atoms with Gasteiger partial charge in [-0.05, 0) is 12.1 Å². The van der Waals surface area contributed by atoms with Crippen molar-refractivity contribution in [3.63, 3.8) is 0 Å². The van der Waals surface area contributed by atoms with Crippen molar-refractivity contribution in [2.75, 3.05) is 6.61 Å². The second-order valence-corrected chi connectivity index (χ2v) is 8.12. The van der Waals surface area contributed by atoms with E-state index in [0.717, 1.165) is 10.9 Å². The van der Waals surface area contributed by atoms with Crippen LogP contribution in [0.4, 0.5) is 11.4 Å². The fourth-order valence-corrected chi connectivity index (χ4v) is 3.74. The lowest BCUT2D eigenvalue weighted by Gasteiger charge is -2.16. The molecule has 0 amide bonds. The maximum absolute atomic E-state index is 11.5. The number of fused-ring (bicyclic) bond motifs is 2. The van der Waals surface area contributed by atoms with Crippen molar-refractivity contribution in [2.45, 2.75) is 24.5 Å². The summed E-state index contributed by atoms with van der Waals surface area (Å²) >= 11 is 0. The average molecular weight is 542 g/mol. The van der Waals surface area contributed by atoms with E-state index < -0.39 is 46.6 Å². The number of H-pyrrole nitrogens is 3. The first kappa shape index (κ1) is 27.1. The molecule has 6 N–H and O–H groups in total. The van der Waals surface area contributed by atoms with Gasteiger partial charge in [-0.1, -0.05) is 0 Å². The number of nitro groups is 2. The minimum absolute atomic E-state index is 0.102. The van der Waals surface area contributed by atoms with Gasteiger partial charge in [0.25, 0.3) is 16.9 Å². The van der Waals surface area contributed by atoms with Crippen LogP contribution in [0.3, 0.4) is 0 Å². The fraction of sp³-hybridized carbons (Fsp3) is 0.227. The lowest BCUT2D eigenvalue weighted by atomic mass is 10.1. The van der Waals surface area contributed by atoms with E-state index >= 15 is 0 Å². The SMILES string of the molecule is O=[N+]([O-])c1cc[nH]c1.O=[N+]([O-])c1ccc2[nH]ccc2c1.O=c1[nH]cnc2c1ncn2[C@@H]1O[C@H](CO)[C@@H](O)[C@H]1O. The summed E-state index contributed by atoms with van der Waals surface area (Å²) in [7, 11) is 0. The average Bonchev–Trinajstić information content (AvgIpc) is 3.73. The lowest BCUT2D eigenvalue weighted by molar-refractivity contribution is -0.384. The molecule has 6 rings (SSSR count). The molecular weight excluding hydrogens is 520 g/mol. The fourth-order valence-electron chi connectivity index (χ4n) is 3.74. The van der Waals surface area contributed by atoms with Crippen molar-refractivity contribution in [3.8, 4) is 0 Å². The van der Waals surface area contributed by atoms with Crippen LogP contribution in [0.15, 0.2) is 66.4 Å². The third kappa shape index (κ3) is 5.80. The van der Waals surface area contributed by atoms with Gasteiger partial charge in [-0.2, -0.15) is 0 Å². The van der Waals surface area contributed by atoms with Crippen molar-refractivity contribution in [2.24, 2.45) is 0 Å². The topological polar surface area (TPSA) is 251 Å². The van der Waals surface area contributed by atoms with E-state index in [0.29, 0.717) is 0 Å². The highest BCUT2D eigenvalue weighted by Gasteiger charge is 2.43. The molecule has 5 heterocycles. The Hall–Kier alpha value is -4.97. The molecule has 0 saturated carbocycles. The maximum atomic E-state index is 11.5. The summed E-state index contributed by atoms with van der Waals surface area (Å²) in [5.41, 5.74) is 1.09. The molecule has 4 atom stereocenters. The Balaban J connectivity index is 0.000000150. The van der Waals surface area contributed by atoms with Gasteiger partial charge in [-0.15, -0.1) is 0 Å². The molecule has 1 aliphatic rings. The summed E-state index contributed by atoms with van der Waals surface area (Å²) < 4.78 is 6.70. The number of aliphatic hydroxyl groups excluding tert-OH is 3. The summed E-state index contributed by atoms with van der Waals surface area (Å²) in [6.07, 6.45) is 2.82. The van der Waals surface area contributed by atoms with E-state index in [1.807, 2.05) is 6.07 Å². The molecule has 204 valence electrons. The minimum atomic E-state index is -1.24. The van der Waals surface area contributed by atoms with Gasteiger partial charge in [-0.3, -0.25) is 29.6 Å². The highest BCUT2D eigenvalue weighted by Crippen LogP contribution is 2.30. The Labute approximate surface area is 216 Å². The molecule has 1 saturated heterocycles. The Kier molecular flexibility index (Phi) is 8.06. The first-order chi connectivity index (χ1) is 18.7. The Morgan fingerprint density at radius 3 is 2.38 bits per heavy atom. The third-order valence-electron chi connectivity index (χ3n) is 5.70. The number of aromatic nitrogens is 6. The van der Waals surface area contributed by atoms with Gasteiger partial charge in [0.2, 0.25) is 0 Å². The zero-order chi connectivity index (χ0) is 28.1. The van der Waals surface area contributed by atoms with E-state index in [2.05, 4.69) is 24.9 Å². The van der Waals surface area contributed by atoms with Crippen LogP contribution < -0.4 is 5.56 Å². The first-order valence-electron chi connectivity index (χ1n) is 11.2. The van der Waals surface area contributed by atoms with Crippen LogP contribution in [-0.2, 0) is 4.74 Å². The maximum Gasteiger partial charge on any atom is 0.286 e. The number of aromatic amines is 3. The molecule has 0 bridgehead atoms. The standard InChI is InChI=1S/C10H12N4O5.C8H6N2O2.C4H4N2O2/c15-1-4-6(16)7(17)10(19-4)14-3-13-5-8(14)11-2-12-9(5)18;11-10(12)7-1-2-8-6(5-7)3-4-9-8;7-6(8)4-1-2-5-3-4/h2-4,6-7,10,15-17H,1H2,(H,11,12,18);1-5,9H;1-3,5H/t4-,6-,7-,10-;;/m1../s1. The van der Waals surface area contributed by atoms with Crippen molar-refractivity contribution >= 4 is 33.4 Å². The zero-order valence-electron chi connectivity index (χ0n) is 19.8. The minimum Gasteiger partial charge on any atom is -0.394 e. The molecule has 1 aliphatic heterocycles. The molecule has 0 radical (unpaired) electrons. The number of imidazole rings is 1. The van der Waals surface area contributed by atoms with Crippen LogP contribution in [0.5, 0.6) is 0 Å². The summed E-state index contributed by atoms with van der Waals surface area (Å²) in [4.78, 5) is 46.7. The van der Waals surface area contributed by atoms with Crippen molar-refractivity contribution in [1.82, 2.24) is 29.5 Å². The van der Waals surface area contributed by atoms with Crippen LogP contribution in [0.25, 0.3) is 22.1 Å². The number of benzene rings is 1. The van der Waals surface area contributed by atoms with Crippen LogP contribution in [0.1, 0.15) is 6.23 Å². The molecule has 0 spiro atoms. The number of ether oxygens (including phenoxy) is 1. The Bertz CT molecular complexity index is 1630. The molecule has 4 aromatic heterocycles. The zero-order valence-corrected chi connectivity index (χ0v) is 19.8. The Morgan fingerprint density at radius 2 is 1.77 bits per heavy atom. The van der Waals surface area contributed by atoms with E-state index in [1.165, 1.54) is 41.7 Å². The van der Waals surface area contributed by atoms with Crippen LogP contribution in [0, 0.1) is 20.2 Å². The van der Waals surface area contributed by atoms with Gasteiger partial charge in [-0.25, -0.2) is 9.97 Å². The van der Waals surface area contributed by atoms with E-state index in [9.17, 15) is 35.2 Å². The van der Waals surface area contributed by atoms with Gasteiger partial charge in [0.05, 0.1) is 35.3 Å². The number of nitrogens with zero attached hydrogens (tertiary/aromatic N) is 5. The van der Waals surface area contributed by atoms with Gasteiger partial charge >= 0.3 is 0 Å². The smallest absolute Gasteiger partial charge is 0.286 e. The van der Waals surface area contributed by atoms with Crippen LogP contribution in [0.2, 0.25) is 0 Å². The number of nitrogens with one attached hydrogen (secondary N) is 3. The predicted molar refractivity (Wildman–Crippen MR) is 134 cm³/mol. The van der Waals surface area contributed by atoms with Crippen molar-refractivity contribution < 1.29 is 29.9 Å². The quantitative estimate of drug-likeness (QED) is 0.136. The van der Waals surface area contributed by atoms with E-state index in [1.54, 1.807) is 18.3 Å².